The molecule has 0 spiro atoms. The molecule has 3 rings (SSSR count). The van der Waals surface area contributed by atoms with Crippen LogP contribution >= 0.6 is 23.2 Å². The number of nitrogens with zero attached hydrogens (tertiary/aromatic N) is 1. The predicted molar refractivity (Wildman–Crippen MR) is 87.8 cm³/mol. The number of hydrogen-bond donors (Lipinski definition) is 1. The number of nitrogens with one attached hydrogen (secondary N) is 1. The van der Waals surface area contributed by atoms with Crippen molar-refractivity contribution >= 4 is 46.4 Å². The van der Waals surface area contributed by atoms with Crippen LogP contribution in [0.4, 0.5) is 0 Å². The molecule has 0 radical (unpaired) electrons. The van der Waals surface area contributed by atoms with Gasteiger partial charge < -0.3 is 4.98 Å². The van der Waals surface area contributed by atoms with Gasteiger partial charge in [-0.2, -0.15) is 0 Å². The van der Waals surface area contributed by atoms with E-state index in [1.165, 1.54) is 0 Å². The number of hydrogen-bond acceptors (Lipinski definition) is 2. The predicted octanol–water partition coefficient (Wildman–Crippen LogP) is 4.40. The zero-order chi connectivity index (χ0) is 14.8. The highest BCUT2D eigenvalue weighted by atomic mass is 35.5. The fraction of sp³-hybridized carbons (Fsp3) is 0. The van der Waals surface area contributed by atoms with Crippen LogP contribution in [0.25, 0.3) is 23.2 Å². The summed E-state index contributed by atoms with van der Waals surface area (Å²) in [6, 6.07) is 12.7. The van der Waals surface area contributed by atoms with Crippen LogP contribution in [-0.4, -0.2) is 9.97 Å². The zero-order valence-electron chi connectivity index (χ0n) is 10.8. The average molecular weight is 317 g/mol. The minimum atomic E-state index is -0.247. The third-order valence-electron chi connectivity index (χ3n) is 3.03. The third-order valence-corrected chi connectivity index (χ3v) is 3.86. The van der Waals surface area contributed by atoms with Crippen LogP contribution in [0.1, 0.15) is 11.3 Å². The van der Waals surface area contributed by atoms with Crippen molar-refractivity contribution in [3.8, 4) is 0 Å². The Morgan fingerprint density at radius 2 is 1.81 bits per heavy atom. The van der Waals surface area contributed by atoms with Gasteiger partial charge in [0, 0.05) is 0 Å². The molecule has 104 valence electrons. The van der Waals surface area contributed by atoms with Crippen molar-refractivity contribution in [3.05, 3.63) is 74.1 Å². The topological polar surface area (TPSA) is 45.8 Å². The molecule has 0 saturated heterocycles. The second-order valence-corrected chi connectivity index (χ2v) is 5.23. The number of H-pyrrole nitrogens is 1. The minimum absolute atomic E-state index is 0.247. The van der Waals surface area contributed by atoms with Crippen molar-refractivity contribution in [2.45, 2.75) is 0 Å². The minimum Gasteiger partial charge on any atom is -0.319 e. The molecule has 21 heavy (non-hydrogen) atoms. The first-order valence-corrected chi connectivity index (χ1v) is 7.02. The Balaban J connectivity index is 2.05. The van der Waals surface area contributed by atoms with E-state index in [9.17, 15) is 4.79 Å². The number of halogens is 2. The summed E-state index contributed by atoms with van der Waals surface area (Å²) >= 11 is 12.1. The molecule has 0 fully saturated rings. The summed E-state index contributed by atoms with van der Waals surface area (Å²) in [5.41, 5.74) is 2.25. The van der Waals surface area contributed by atoms with Gasteiger partial charge in [0.05, 0.1) is 21.1 Å². The maximum absolute atomic E-state index is 12.0. The maximum Gasteiger partial charge on any atom is 0.274 e. The highest BCUT2D eigenvalue weighted by Crippen LogP contribution is 2.26. The van der Waals surface area contributed by atoms with Gasteiger partial charge in [0.15, 0.2) is 0 Å². The normalized spacial score (nSPS) is 11.3. The van der Waals surface area contributed by atoms with Gasteiger partial charge >= 0.3 is 0 Å². The van der Waals surface area contributed by atoms with Crippen LogP contribution in [0.2, 0.25) is 10.0 Å². The van der Waals surface area contributed by atoms with Crippen molar-refractivity contribution in [2.75, 3.05) is 0 Å². The lowest BCUT2D eigenvalue weighted by Crippen LogP contribution is -2.11. The van der Waals surface area contributed by atoms with E-state index >= 15 is 0 Å². The van der Waals surface area contributed by atoms with E-state index in [2.05, 4.69) is 9.97 Å². The molecule has 3 nitrogen and oxygen atoms in total. The van der Waals surface area contributed by atoms with Crippen molar-refractivity contribution in [3.63, 3.8) is 0 Å². The summed E-state index contributed by atoms with van der Waals surface area (Å²) in [6.07, 6.45) is 3.35. The SMILES string of the molecule is O=c1[nH]c2ccccc2nc1C=Cc1cccc(Cl)c1Cl. The molecule has 0 unspecified atom stereocenters. The summed E-state index contributed by atoms with van der Waals surface area (Å²) < 4.78 is 0. The molecule has 1 N–H and O–H groups in total. The van der Waals surface area contributed by atoms with Gasteiger partial charge in [-0.1, -0.05) is 53.5 Å². The summed E-state index contributed by atoms with van der Waals surface area (Å²) in [4.78, 5) is 19.1. The van der Waals surface area contributed by atoms with Gasteiger partial charge in [-0.15, -0.1) is 0 Å². The largest absolute Gasteiger partial charge is 0.319 e. The lowest BCUT2D eigenvalue weighted by molar-refractivity contribution is 1.19. The number of aromatic nitrogens is 2. The fourth-order valence-corrected chi connectivity index (χ4v) is 2.35. The Hall–Kier alpha value is -2.10. The fourth-order valence-electron chi connectivity index (χ4n) is 1.97. The molecule has 0 aliphatic heterocycles. The van der Waals surface area contributed by atoms with Gasteiger partial charge in [0.25, 0.3) is 5.56 Å². The molecule has 2 aromatic carbocycles. The van der Waals surface area contributed by atoms with Crippen molar-refractivity contribution in [2.24, 2.45) is 0 Å². The molecular weight excluding hydrogens is 307 g/mol. The first-order chi connectivity index (χ1) is 10.1. The Kier molecular flexibility index (Phi) is 3.78. The molecular formula is C16H10Cl2N2O. The molecule has 0 atom stereocenters. The smallest absolute Gasteiger partial charge is 0.274 e. The Morgan fingerprint density at radius 1 is 1.00 bits per heavy atom. The number of aromatic amines is 1. The molecule has 3 aromatic rings. The summed E-state index contributed by atoms with van der Waals surface area (Å²) in [7, 11) is 0. The van der Waals surface area contributed by atoms with Gasteiger partial charge in [-0.05, 0) is 29.8 Å². The highest BCUT2D eigenvalue weighted by molar-refractivity contribution is 6.42. The Bertz CT molecular complexity index is 900. The summed E-state index contributed by atoms with van der Waals surface area (Å²) in [5.74, 6) is 0. The van der Waals surface area contributed by atoms with Crippen LogP contribution in [0.5, 0.6) is 0 Å². The van der Waals surface area contributed by atoms with E-state index in [4.69, 9.17) is 23.2 Å². The molecule has 0 aliphatic carbocycles. The van der Waals surface area contributed by atoms with E-state index in [0.717, 1.165) is 11.1 Å². The number of para-hydroxylation sites is 2. The van der Waals surface area contributed by atoms with Crippen LogP contribution < -0.4 is 5.56 Å². The van der Waals surface area contributed by atoms with Gasteiger partial charge in [-0.3, -0.25) is 4.79 Å². The van der Waals surface area contributed by atoms with Crippen LogP contribution in [0.15, 0.2) is 47.3 Å². The van der Waals surface area contributed by atoms with Crippen LogP contribution in [0, 0.1) is 0 Å². The van der Waals surface area contributed by atoms with Gasteiger partial charge in [-0.25, -0.2) is 4.98 Å². The molecule has 1 heterocycles. The van der Waals surface area contributed by atoms with Crippen LogP contribution in [-0.2, 0) is 0 Å². The van der Waals surface area contributed by atoms with E-state index in [1.807, 2.05) is 30.3 Å². The first-order valence-electron chi connectivity index (χ1n) is 6.26. The molecule has 0 saturated carbocycles. The second kappa shape index (κ2) is 5.72. The molecule has 0 amide bonds. The summed E-state index contributed by atoms with van der Waals surface area (Å²) in [5, 5.41) is 0.923. The summed E-state index contributed by atoms with van der Waals surface area (Å²) in [6.45, 7) is 0. The van der Waals surface area contributed by atoms with E-state index < -0.39 is 0 Å². The Labute approximate surface area is 130 Å². The van der Waals surface area contributed by atoms with E-state index in [-0.39, 0.29) is 5.56 Å². The van der Waals surface area contributed by atoms with Gasteiger partial charge in [0.1, 0.15) is 5.69 Å². The monoisotopic (exact) mass is 316 g/mol. The number of fused-ring (bicyclic) bond motifs is 1. The van der Waals surface area contributed by atoms with Crippen molar-refractivity contribution in [1.82, 2.24) is 9.97 Å². The molecule has 0 bridgehead atoms. The lowest BCUT2D eigenvalue weighted by atomic mass is 10.2. The Morgan fingerprint density at radius 3 is 2.67 bits per heavy atom. The second-order valence-electron chi connectivity index (χ2n) is 4.44. The van der Waals surface area contributed by atoms with Crippen molar-refractivity contribution in [1.29, 1.82) is 0 Å². The first kappa shape index (κ1) is 13.9. The molecule has 1 aromatic heterocycles. The zero-order valence-corrected chi connectivity index (χ0v) is 12.3. The number of benzene rings is 2. The van der Waals surface area contributed by atoms with Crippen molar-refractivity contribution < 1.29 is 0 Å². The average Bonchev–Trinajstić information content (AvgIpc) is 2.49. The quantitative estimate of drug-likeness (QED) is 0.761. The highest BCUT2D eigenvalue weighted by Gasteiger charge is 2.03. The van der Waals surface area contributed by atoms with Crippen LogP contribution in [0.3, 0.4) is 0 Å². The maximum atomic E-state index is 12.0. The molecule has 0 aliphatic rings. The molecule has 5 heteroatoms. The third kappa shape index (κ3) is 2.84. The van der Waals surface area contributed by atoms with E-state index in [0.29, 0.717) is 21.3 Å². The number of rotatable bonds is 2. The lowest BCUT2D eigenvalue weighted by Gasteiger charge is -2.01. The van der Waals surface area contributed by atoms with Gasteiger partial charge in [0.2, 0.25) is 0 Å². The van der Waals surface area contributed by atoms with E-state index in [1.54, 1.807) is 24.3 Å². The standard InChI is InChI=1S/C16H10Cl2N2O/c17-11-5-3-4-10(15(11)18)8-9-14-16(21)20-13-7-2-1-6-12(13)19-14/h1-9H,(H,20,21).